The number of halogens is 1. The van der Waals surface area contributed by atoms with E-state index >= 15 is 0 Å². The molecule has 0 saturated carbocycles. The van der Waals surface area contributed by atoms with Crippen LogP contribution in [0.3, 0.4) is 0 Å². The summed E-state index contributed by atoms with van der Waals surface area (Å²) >= 11 is 0. The van der Waals surface area contributed by atoms with Crippen LogP contribution in [-0.2, 0) is 16.1 Å². The van der Waals surface area contributed by atoms with Crippen molar-refractivity contribution in [2.75, 3.05) is 6.61 Å². The molecule has 1 aromatic heterocycles. The molecule has 0 aliphatic rings. The number of hydrogen-bond donors (Lipinski definition) is 0. The number of unbranched alkanes of at least 4 members (excludes halogenated alkanes) is 1. The number of benzene rings is 1. The average molecular weight is 294 g/mol. The quantitative estimate of drug-likeness (QED) is 0.601. The summed E-state index contributed by atoms with van der Waals surface area (Å²) in [6.45, 7) is 1.98. The summed E-state index contributed by atoms with van der Waals surface area (Å²) in [4.78, 5) is 23.1. The fourth-order valence-corrected chi connectivity index (χ4v) is 1.61. The lowest BCUT2D eigenvalue weighted by atomic mass is 10.2. The van der Waals surface area contributed by atoms with Gasteiger partial charge in [0.2, 0.25) is 5.89 Å². The van der Waals surface area contributed by atoms with Crippen molar-refractivity contribution in [2.24, 2.45) is 0 Å². The minimum Gasteiger partial charge on any atom is -0.464 e. The Hall–Kier alpha value is -2.44. The van der Waals surface area contributed by atoms with Gasteiger partial charge in [0.05, 0.1) is 6.61 Å². The van der Waals surface area contributed by atoms with Gasteiger partial charge in [-0.25, -0.2) is 9.18 Å². The second-order valence-electron chi connectivity index (χ2n) is 4.41. The van der Waals surface area contributed by atoms with Crippen molar-refractivity contribution in [3.05, 3.63) is 40.6 Å². The summed E-state index contributed by atoms with van der Waals surface area (Å²) in [6.07, 6.45) is 1.67. The Morgan fingerprint density at radius 1 is 1.38 bits per heavy atom. The second-order valence-corrected chi connectivity index (χ2v) is 4.41. The van der Waals surface area contributed by atoms with Crippen LogP contribution in [0.5, 0.6) is 0 Å². The average Bonchev–Trinajstić information content (AvgIpc) is 2.81. The van der Waals surface area contributed by atoms with Crippen molar-refractivity contribution in [3.63, 3.8) is 0 Å². The highest BCUT2D eigenvalue weighted by Crippen LogP contribution is 2.15. The second kappa shape index (κ2) is 6.83. The lowest BCUT2D eigenvalue weighted by molar-refractivity contribution is -0.144. The molecular weight excluding hydrogens is 279 g/mol. The van der Waals surface area contributed by atoms with E-state index in [0.717, 1.165) is 17.5 Å². The fourth-order valence-electron chi connectivity index (χ4n) is 1.61. The fraction of sp³-hybridized carbons (Fsp3) is 0.357. The maximum absolute atomic E-state index is 12.8. The Kier molecular flexibility index (Phi) is 4.86. The maximum atomic E-state index is 12.8. The number of rotatable bonds is 6. The van der Waals surface area contributed by atoms with Gasteiger partial charge >= 0.3 is 11.7 Å². The van der Waals surface area contributed by atoms with Crippen LogP contribution in [0.4, 0.5) is 4.39 Å². The molecule has 0 aliphatic carbocycles. The molecule has 1 aromatic carbocycles. The molecule has 2 aromatic rings. The van der Waals surface area contributed by atoms with Gasteiger partial charge in [0.15, 0.2) is 0 Å². The molecule has 0 spiro atoms. The van der Waals surface area contributed by atoms with Crippen molar-refractivity contribution in [3.8, 4) is 11.5 Å². The monoisotopic (exact) mass is 294 g/mol. The summed E-state index contributed by atoms with van der Waals surface area (Å²) in [5.74, 6) is -1.69. The number of carbonyl (C=O) groups is 1. The van der Waals surface area contributed by atoms with Gasteiger partial charge in [-0.2, -0.15) is 4.68 Å². The van der Waals surface area contributed by atoms with Crippen LogP contribution in [0.2, 0.25) is 0 Å². The molecule has 0 saturated heterocycles. The molecule has 0 atom stereocenters. The molecule has 0 aliphatic heterocycles. The number of esters is 1. The zero-order valence-electron chi connectivity index (χ0n) is 11.5. The molecule has 6 nitrogen and oxygen atoms in total. The first-order valence-electron chi connectivity index (χ1n) is 6.59. The molecular formula is C14H15FN2O4. The van der Waals surface area contributed by atoms with Gasteiger partial charge in [0.25, 0.3) is 0 Å². The van der Waals surface area contributed by atoms with Gasteiger partial charge in [-0.05, 0) is 30.7 Å². The highest BCUT2D eigenvalue weighted by Gasteiger charge is 2.13. The number of hydrogen-bond acceptors (Lipinski definition) is 5. The third-order valence-electron chi connectivity index (χ3n) is 2.74. The summed E-state index contributed by atoms with van der Waals surface area (Å²) in [6, 6.07) is 5.33. The molecule has 0 unspecified atom stereocenters. The van der Waals surface area contributed by atoms with Gasteiger partial charge in [-0.1, -0.05) is 13.3 Å². The number of carbonyl (C=O) groups excluding carboxylic acids is 1. The lowest BCUT2D eigenvalue weighted by Gasteiger charge is -2.02. The first-order valence-corrected chi connectivity index (χ1v) is 6.59. The topological polar surface area (TPSA) is 74.3 Å². The SMILES string of the molecule is CCCCOC(=O)Cn1nc(-c2ccc(F)cc2)oc1=O. The molecule has 21 heavy (non-hydrogen) atoms. The molecule has 112 valence electrons. The third-order valence-corrected chi connectivity index (χ3v) is 2.74. The van der Waals surface area contributed by atoms with E-state index in [4.69, 9.17) is 9.15 Å². The minimum atomic E-state index is -0.762. The summed E-state index contributed by atoms with van der Waals surface area (Å²) in [5, 5.41) is 3.89. The lowest BCUT2D eigenvalue weighted by Crippen LogP contribution is -2.23. The molecule has 0 radical (unpaired) electrons. The number of nitrogens with zero attached hydrogens (tertiary/aromatic N) is 2. The Morgan fingerprint density at radius 3 is 2.76 bits per heavy atom. The first-order chi connectivity index (χ1) is 10.1. The normalized spacial score (nSPS) is 10.6. The van der Waals surface area contributed by atoms with Gasteiger partial charge in [0, 0.05) is 5.56 Å². The van der Waals surface area contributed by atoms with Crippen molar-refractivity contribution in [1.29, 1.82) is 0 Å². The molecule has 1 heterocycles. The molecule has 7 heteroatoms. The van der Waals surface area contributed by atoms with E-state index in [1.807, 2.05) is 6.92 Å². The highest BCUT2D eigenvalue weighted by atomic mass is 19.1. The predicted molar refractivity (Wildman–Crippen MR) is 72.0 cm³/mol. The Morgan fingerprint density at radius 2 is 2.10 bits per heavy atom. The van der Waals surface area contributed by atoms with Crippen molar-refractivity contribution in [2.45, 2.75) is 26.3 Å². The smallest absolute Gasteiger partial charge is 0.437 e. The Balaban J connectivity index is 2.07. The molecule has 0 bridgehead atoms. The van der Waals surface area contributed by atoms with Crippen LogP contribution < -0.4 is 5.76 Å². The van der Waals surface area contributed by atoms with E-state index < -0.39 is 17.5 Å². The van der Waals surface area contributed by atoms with Gasteiger partial charge in [-0.3, -0.25) is 4.79 Å². The number of ether oxygens (including phenoxy) is 1. The largest absolute Gasteiger partial charge is 0.464 e. The summed E-state index contributed by atoms with van der Waals surface area (Å²) in [7, 11) is 0. The van der Waals surface area contributed by atoms with E-state index in [2.05, 4.69) is 5.10 Å². The Bertz CT molecular complexity index is 660. The van der Waals surface area contributed by atoms with Crippen LogP contribution in [0.1, 0.15) is 19.8 Å². The van der Waals surface area contributed by atoms with Gasteiger partial charge in [-0.15, -0.1) is 5.10 Å². The van der Waals surface area contributed by atoms with Crippen LogP contribution in [0, 0.1) is 5.82 Å². The minimum absolute atomic E-state index is 0.0290. The van der Waals surface area contributed by atoms with E-state index in [-0.39, 0.29) is 12.4 Å². The van der Waals surface area contributed by atoms with Crippen molar-refractivity contribution >= 4 is 5.97 Å². The molecule has 2 rings (SSSR count). The third kappa shape index (κ3) is 4.01. The Labute approximate surface area is 120 Å². The van der Waals surface area contributed by atoms with Crippen LogP contribution >= 0.6 is 0 Å². The first kappa shape index (κ1) is 15.0. The van der Waals surface area contributed by atoms with E-state index in [1.54, 1.807) is 0 Å². The van der Waals surface area contributed by atoms with Crippen molar-refractivity contribution < 1.29 is 18.3 Å². The predicted octanol–water partition coefficient (Wildman–Crippen LogP) is 1.99. The van der Waals surface area contributed by atoms with Crippen LogP contribution in [0.15, 0.2) is 33.5 Å². The van der Waals surface area contributed by atoms with Crippen LogP contribution in [-0.4, -0.2) is 22.4 Å². The maximum Gasteiger partial charge on any atom is 0.437 e. The zero-order chi connectivity index (χ0) is 15.2. The van der Waals surface area contributed by atoms with E-state index in [9.17, 15) is 14.0 Å². The molecule has 0 N–H and O–H groups in total. The number of aromatic nitrogens is 2. The van der Waals surface area contributed by atoms with Crippen molar-refractivity contribution in [1.82, 2.24) is 9.78 Å². The van der Waals surface area contributed by atoms with Crippen LogP contribution in [0.25, 0.3) is 11.5 Å². The van der Waals surface area contributed by atoms with Gasteiger partial charge < -0.3 is 9.15 Å². The van der Waals surface area contributed by atoms with E-state index in [1.165, 1.54) is 24.3 Å². The summed E-state index contributed by atoms with van der Waals surface area (Å²) < 4.78 is 23.6. The van der Waals surface area contributed by atoms with E-state index in [0.29, 0.717) is 12.2 Å². The zero-order valence-corrected chi connectivity index (χ0v) is 11.5. The van der Waals surface area contributed by atoms with Gasteiger partial charge in [0.1, 0.15) is 12.4 Å². The highest BCUT2D eigenvalue weighted by molar-refractivity contribution is 5.69. The standard InChI is InChI=1S/C14H15FN2O4/c1-2-3-8-20-12(18)9-17-14(19)21-13(16-17)10-4-6-11(15)7-5-10/h4-7H,2-3,8-9H2,1H3. The molecule has 0 amide bonds. The summed E-state index contributed by atoms with van der Waals surface area (Å²) in [5.41, 5.74) is 0.451. The molecule has 0 fully saturated rings.